The molecule has 0 unspecified atom stereocenters. The summed E-state index contributed by atoms with van der Waals surface area (Å²) in [4.78, 5) is 4.60. The van der Waals surface area contributed by atoms with Crippen LogP contribution in [-0.2, 0) is 0 Å². The minimum absolute atomic E-state index is 1.12. The van der Waals surface area contributed by atoms with Crippen LogP contribution in [0.3, 0.4) is 0 Å². The lowest BCUT2D eigenvalue weighted by atomic mass is 10.0. The molecule has 0 N–H and O–H groups in total. The van der Waals surface area contributed by atoms with Gasteiger partial charge in [0.05, 0.1) is 0 Å². The number of rotatable bonds is 9. The molecule has 2 heteroatoms. The molecule has 0 aliphatic rings. The van der Waals surface area contributed by atoms with Crippen LogP contribution in [0.4, 0.5) is 34.1 Å². The summed E-state index contributed by atoms with van der Waals surface area (Å²) in [7, 11) is 0. The SMILES string of the molecule is C(=C\c1ccc(N(c2ccccc2)c2ccc3ccccc3c2)cc1)/c1ccc(-c2ccc(N(c3ccccc3)c3ccccc3)cc2)cc1. The van der Waals surface area contributed by atoms with Crippen molar-refractivity contribution in [1.82, 2.24) is 0 Å². The van der Waals surface area contributed by atoms with E-state index in [1.54, 1.807) is 0 Å². The summed E-state index contributed by atoms with van der Waals surface area (Å²) >= 11 is 0. The molecule has 8 rings (SSSR count). The number of fused-ring (bicyclic) bond motifs is 1. The maximum Gasteiger partial charge on any atom is 0.0468 e. The van der Waals surface area contributed by atoms with Crippen molar-refractivity contribution in [2.24, 2.45) is 0 Å². The van der Waals surface area contributed by atoms with Crippen LogP contribution in [0.25, 0.3) is 34.1 Å². The molecule has 238 valence electrons. The van der Waals surface area contributed by atoms with Crippen molar-refractivity contribution >= 4 is 57.0 Å². The van der Waals surface area contributed by atoms with Gasteiger partial charge in [0.2, 0.25) is 0 Å². The standard InChI is InChI=1S/C48H36N2/c1-4-14-43(15-5-1)49(44-16-6-2-7-17-44)47-33-28-41(29-34-47)40-26-22-37(23-27-40)20-21-38-24-31-46(32-25-38)50(45-18-8-3-9-19-45)48-35-30-39-12-10-11-13-42(39)36-48/h1-36H/b21-20+. The van der Waals surface area contributed by atoms with E-state index in [4.69, 9.17) is 0 Å². The highest BCUT2D eigenvalue weighted by molar-refractivity contribution is 5.89. The predicted octanol–water partition coefficient (Wildman–Crippen LogP) is 13.6. The Balaban J connectivity index is 0.990. The number of hydrogen-bond donors (Lipinski definition) is 0. The van der Waals surface area contributed by atoms with Crippen LogP contribution in [0.1, 0.15) is 11.1 Å². The molecular formula is C48H36N2. The van der Waals surface area contributed by atoms with E-state index in [2.05, 4.69) is 228 Å². The minimum Gasteiger partial charge on any atom is -0.311 e. The summed E-state index contributed by atoms with van der Waals surface area (Å²) in [5.74, 6) is 0. The van der Waals surface area contributed by atoms with Gasteiger partial charge in [-0.25, -0.2) is 0 Å². The molecular weight excluding hydrogens is 605 g/mol. The molecule has 0 fully saturated rings. The van der Waals surface area contributed by atoms with Crippen molar-refractivity contribution in [3.05, 3.63) is 217 Å². The Labute approximate surface area is 294 Å². The van der Waals surface area contributed by atoms with Crippen molar-refractivity contribution in [2.45, 2.75) is 0 Å². The van der Waals surface area contributed by atoms with Crippen molar-refractivity contribution < 1.29 is 0 Å². The van der Waals surface area contributed by atoms with Gasteiger partial charge in [0, 0.05) is 34.1 Å². The summed E-state index contributed by atoms with van der Waals surface area (Å²) in [5, 5.41) is 2.47. The van der Waals surface area contributed by atoms with E-state index in [9.17, 15) is 0 Å². The van der Waals surface area contributed by atoms with E-state index in [0.29, 0.717) is 0 Å². The van der Waals surface area contributed by atoms with Gasteiger partial charge >= 0.3 is 0 Å². The summed E-state index contributed by atoms with van der Waals surface area (Å²) in [5.41, 5.74) is 11.5. The number of nitrogens with zero attached hydrogens (tertiary/aromatic N) is 2. The van der Waals surface area contributed by atoms with Crippen LogP contribution in [-0.4, -0.2) is 0 Å². The van der Waals surface area contributed by atoms with Gasteiger partial charge in [0.1, 0.15) is 0 Å². The lowest BCUT2D eigenvalue weighted by Crippen LogP contribution is -2.09. The molecule has 0 aromatic heterocycles. The molecule has 0 radical (unpaired) electrons. The van der Waals surface area contributed by atoms with E-state index < -0.39 is 0 Å². The van der Waals surface area contributed by atoms with Crippen LogP contribution in [0.5, 0.6) is 0 Å². The molecule has 0 spiro atoms. The van der Waals surface area contributed by atoms with Crippen LogP contribution in [0.2, 0.25) is 0 Å². The minimum atomic E-state index is 1.12. The van der Waals surface area contributed by atoms with Crippen LogP contribution in [0, 0.1) is 0 Å². The van der Waals surface area contributed by atoms with Crippen molar-refractivity contribution in [1.29, 1.82) is 0 Å². The van der Waals surface area contributed by atoms with E-state index in [-0.39, 0.29) is 0 Å². The molecule has 50 heavy (non-hydrogen) atoms. The molecule has 0 aliphatic carbocycles. The molecule has 0 aliphatic heterocycles. The third-order valence-corrected chi connectivity index (χ3v) is 9.02. The predicted molar refractivity (Wildman–Crippen MR) is 214 cm³/mol. The van der Waals surface area contributed by atoms with Gasteiger partial charge in [-0.2, -0.15) is 0 Å². The average Bonchev–Trinajstić information content (AvgIpc) is 3.19. The Morgan fingerprint density at radius 3 is 1.10 bits per heavy atom. The van der Waals surface area contributed by atoms with Gasteiger partial charge in [-0.3, -0.25) is 0 Å². The Morgan fingerprint density at radius 1 is 0.260 bits per heavy atom. The maximum atomic E-state index is 2.31. The normalized spacial score (nSPS) is 11.1. The number of benzene rings is 8. The van der Waals surface area contributed by atoms with E-state index >= 15 is 0 Å². The van der Waals surface area contributed by atoms with Crippen LogP contribution in [0.15, 0.2) is 206 Å². The molecule has 0 bridgehead atoms. The van der Waals surface area contributed by atoms with E-state index in [1.807, 2.05) is 0 Å². The zero-order chi connectivity index (χ0) is 33.5. The van der Waals surface area contributed by atoms with Gasteiger partial charge in [-0.05, 0) is 106 Å². The first-order chi connectivity index (χ1) is 24.8. The summed E-state index contributed by atoms with van der Waals surface area (Å²) in [6.45, 7) is 0. The highest BCUT2D eigenvalue weighted by Gasteiger charge is 2.14. The van der Waals surface area contributed by atoms with Gasteiger partial charge in [0.25, 0.3) is 0 Å². The second-order valence-electron chi connectivity index (χ2n) is 12.3. The number of hydrogen-bond acceptors (Lipinski definition) is 2. The molecule has 0 heterocycles. The fourth-order valence-corrected chi connectivity index (χ4v) is 6.46. The first-order valence-electron chi connectivity index (χ1n) is 17.0. The first-order valence-corrected chi connectivity index (χ1v) is 17.0. The van der Waals surface area contributed by atoms with Gasteiger partial charge < -0.3 is 9.80 Å². The third-order valence-electron chi connectivity index (χ3n) is 9.02. The highest BCUT2D eigenvalue weighted by atomic mass is 15.1. The first kappa shape index (κ1) is 30.7. The summed E-state index contributed by atoms with van der Waals surface area (Å²) in [6, 6.07) is 73.1. The maximum absolute atomic E-state index is 2.31. The molecule has 0 saturated carbocycles. The molecule has 8 aromatic rings. The lowest BCUT2D eigenvalue weighted by Gasteiger charge is -2.26. The Kier molecular flexibility index (Phi) is 8.73. The van der Waals surface area contributed by atoms with Crippen molar-refractivity contribution in [2.75, 3.05) is 9.80 Å². The molecule has 2 nitrogen and oxygen atoms in total. The van der Waals surface area contributed by atoms with Gasteiger partial charge in [0.15, 0.2) is 0 Å². The second kappa shape index (κ2) is 14.2. The topological polar surface area (TPSA) is 6.48 Å². The third kappa shape index (κ3) is 6.69. The van der Waals surface area contributed by atoms with E-state index in [1.165, 1.54) is 21.9 Å². The number of para-hydroxylation sites is 3. The Hall–Kier alpha value is -6.64. The molecule has 0 amide bonds. The average molecular weight is 641 g/mol. The summed E-state index contributed by atoms with van der Waals surface area (Å²) < 4.78 is 0. The zero-order valence-corrected chi connectivity index (χ0v) is 27.7. The van der Waals surface area contributed by atoms with E-state index in [0.717, 1.165) is 45.3 Å². The molecule has 8 aromatic carbocycles. The fraction of sp³-hybridized carbons (Fsp3) is 0. The van der Waals surface area contributed by atoms with Crippen molar-refractivity contribution in [3.8, 4) is 11.1 Å². The number of anilines is 6. The second-order valence-corrected chi connectivity index (χ2v) is 12.3. The van der Waals surface area contributed by atoms with Crippen LogP contribution < -0.4 is 9.80 Å². The van der Waals surface area contributed by atoms with Crippen LogP contribution >= 0.6 is 0 Å². The van der Waals surface area contributed by atoms with Gasteiger partial charge in [-0.1, -0.05) is 146 Å². The zero-order valence-electron chi connectivity index (χ0n) is 27.7. The molecule has 0 atom stereocenters. The quantitative estimate of drug-likeness (QED) is 0.145. The Bertz CT molecular complexity index is 2290. The van der Waals surface area contributed by atoms with Gasteiger partial charge in [-0.15, -0.1) is 0 Å². The fourth-order valence-electron chi connectivity index (χ4n) is 6.46. The summed E-state index contributed by atoms with van der Waals surface area (Å²) in [6.07, 6.45) is 4.36. The largest absolute Gasteiger partial charge is 0.311 e. The van der Waals surface area contributed by atoms with Crippen molar-refractivity contribution in [3.63, 3.8) is 0 Å². The monoisotopic (exact) mass is 640 g/mol. The molecule has 0 saturated heterocycles. The lowest BCUT2D eigenvalue weighted by molar-refractivity contribution is 1.28. The Morgan fingerprint density at radius 2 is 0.600 bits per heavy atom. The highest BCUT2D eigenvalue weighted by Crippen LogP contribution is 2.37. The smallest absolute Gasteiger partial charge is 0.0468 e.